The molecule has 0 aliphatic carbocycles. The topological polar surface area (TPSA) is 95.1 Å². The summed E-state index contributed by atoms with van der Waals surface area (Å²) in [5, 5.41) is 15.6. The number of carbonyl (C=O) groups is 1. The summed E-state index contributed by atoms with van der Waals surface area (Å²) in [4.78, 5) is 33.9. The van der Waals surface area contributed by atoms with Crippen LogP contribution in [0.4, 0.5) is 5.69 Å². The maximum Gasteiger partial charge on any atom is 0.348 e. The lowest BCUT2D eigenvalue weighted by atomic mass is 10.0. The van der Waals surface area contributed by atoms with Crippen LogP contribution < -0.4 is 5.56 Å². The van der Waals surface area contributed by atoms with Gasteiger partial charge in [0.1, 0.15) is 11.3 Å². The molecule has 1 aromatic carbocycles. The van der Waals surface area contributed by atoms with E-state index < -0.39 is 22.0 Å². The Morgan fingerprint density at radius 1 is 1.33 bits per heavy atom. The quantitative estimate of drug-likeness (QED) is 0.492. The van der Waals surface area contributed by atoms with Gasteiger partial charge < -0.3 is 0 Å². The van der Waals surface area contributed by atoms with Crippen LogP contribution in [0, 0.1) is 10.1 Å². The van der Waals surface area contributed by atoms with Crippen LogP contribution in [0.25, 0.3) is 11.3 Å². The summed E-state index contributed by atoms with van der Waals surface area (Å²) in [6.45, 7) is 1.16. The normalized spacial score (nSPS) is 10.4. The molecule has 1 heterocycles. The standard InChI is InChI=1S/C13H10ClN3O4/c1-7(18)10-11(8-3-5-9(14)6-4-8)15-16(2)13(19)12(10)17(20)21/h3-6H,1-2H3. The van der Waals surface area contributed by atoms with Gasteiger partial charge in [-0.1, -0.05) is 23.7 Å². The van der Waals surface area contributed by atoms with E-state index in [-0.39, 0.29) is 11.3 Å². The van der Waals surface area contributed by atoms with E-state index >= 15 is 0 Å². The van der Waals surface area contributed by atoms with Gasteiger partial charge in [0.25, 0.3) is 0 Å². The van der Waals surface area contributed by atoms with Crippen molar-refractivity contribution >= 4 is 23.1 Å². The van der Waals surface area contributed by atoms with Gasteiger partial charge in [0.2, 0.25) is 0 Å². The van der Waals surface area contributed by atoms with Gasteiger partial charge in [0, 0.05) is 17.6 Å². The van der Waals surface area contributed by atoms with E-state index in [0.29, 0.717) is 10.6 Å². The number of Topliss-reactive ketones (excluding diaryl/α,β-unsaturated/α-hetero) is 1. The van der Waals surface area contributed by atoms with Gasteiger partial charge in [0.15, 0.2) is 5.78 Å². The zero-order chi connectivity index (χ0) is 15.7. The molecule has 0 spiro atoms. The molecule has 0 saturated carbocycles. The largest absolute Gasteiger partial charge is 0.348 e. The van der Waals surface area contributed by atoms with Crippen LogP contribution in [-0.2, 0) is 7.05 Å². The Bertz CT molecular complexity index is 796. The number of hydrogen-bond acceptors (Lipinski definition) is 5. The Morgan fingerprint density at radius 3 is 2.38 bits per heavy atom. The molecule has 0 unspecified atom stereocenters. The van der Waals surface area contributed by atoms with E-state index in [1.165, 1.54) is 7.05 Å². The molecule has 0 N–H and O–H groups in total. The van der Waals surface area contributed by atoms with Crippen molar-refractivity contribution in [2.75, 3.05) is 0 Å². The highest BCUT2D eigenvalue weighted by molar-refractivity contribution is 6.30. The molecule has 1 aromatic heterocycles. The van der Waals surface area contributed by atoms with Gasteiger partial charge in [-0.3, -0.25) is 19.7 Å². The number of nitrogens with zero attached hydrogens (tertiary/aromatic N) is 3. The summed E-state index contributed by atoms with van der Waals surface area (Å²) >= 11 is 5.79. The highest BCUT2D eigenvalue weighted by Gasteiger charge is 2.29. The Balaban J connectivity index is 2.89. The highest BCUT2D eigenvalue weighted by Crippen LogP contribution is 2.27. The molecule has 7 nitrogen and oxygen atoms in total. The molecule has 0 amide bonds. The fourth-order valence-corrected chi connectivity index (χ4v) is 2.06. The SMILES string of the molecule is CC(=O)c1c(-c2ccc(Cl)cc2)nn(C)c(=O)c1[N+](=O)[O-]. The van der Waals surface area contributed by atoms with E-state index in [1.54, 1.807) is 24.3 Å². The Kier molecular flexibility index (Phi) is 3.86. The van der Waals surface area contributed by atoms with Crippen molar-refractivity contribution in [1.82, 2.24) is 9.78 Å². The summed E-state index contributed by atoms with van der Waals surface area (Å²) in [6.07, 6.45) is 0. The average Bonchev–Trinajstić information content (AvgIpc) is 2.41. The molecule has 0 atom stereocenters. The summed E-state index contributed by atoms with van der Waals surface area (Å²) in [5.41, 5.74) is -1.46. The van der Waals surface area contributed by atoms with Crippen LogP contribution in [0.3, 0.4) is 0 Å². The third kappa shape index (κ3) is 2.68. The van der Waals surface area contributed by atoms with E-state index in [2.05, 4.69) is 5.10 Å². The number of benzene rings is 1. The van der Waals surface area contributed by atoms with E-state index in [9.17, 15) is 19.7 Å². The molecule has 0 radical (unpaired) electrons. The number of rotatable bonds is 3. The van der Waals surface area contributed by atoms with Crippen LogP contribution in [-0.4, -0.2) is 20.5 Å². The second kappa shape index (κ2) is 5.45. The molecule has 108 valence electrons. The maximum absolute atomic E-state index is 11.9. The molecule has 21 heavy (non-hydrogen) atoms. The fraction of sp³-hybridized carbons (Fsp3) is 0.154. The van der Waals surface area contributed by atoms with Gasteiger partial charge in [-0.25, -0.2) is 4.68 Å². The summed E-state index contributed by atoms with van der Waals surface area (Å²) in [5.74, 6) is -0.600. The number of halogens is 1. The van der Waals surface area contributed by atoms with Crippen LogP contribution in [0.15, 0.2) is 29.1 Å². The maximum atomic E-state index is 11.9. The number of nitro groups is 1. The minimum absolute atomic E-state index is 0.0768. The average molecular weight is 308 g/mol. The van der Waals surface area contributed by atoms with Crippen molar-refractivity contribution in [2.24, 2.45) is 7.05 Å². The van der Waals surface area contributed by atoms with Crippen molar-refractivity contribution in [3.05, 3.63) is 55.3 Å². The first-order chi connectivity index (χ1) is 9.82. The predicted molar refractivity (Wildman–Crippen MR) is 76.6 cm³/mol. The zero-order valence-electron chi connectivity index (χ0n) is 11.2. The highest BCUT2D eigenvalue weighted by atomic mass is 35.5. The molecular formula is C13H10ClN3O4. The zero-order valence-corrected chi connectivity index (χ0v) is 11.9. The lowest BCUT2D eigenvalue weighted by Crippen LogP contribution is -2.26. The number of hydrogen-bond donors (Lipinski definition) is 0. The van der Waals surface area contributed by atoms with E-state index in [1.807, 2.05) is 0 Å². The smallest absolute Gasteiger partial charge is 0.294 e. The van der Waals surface area contributed by atoms with Gasteiger partial charge in [-0.15, -0.1) is 0 Å². The lowest BCUT2D eigenvalue weighted by Gasteiger charge is -2.08. The summed E-state index contributed by atoms with van der Waals surface area (Å²) in [7, 11) is 1.29. The fourth-order valence-electron chi connectivity index (χ4n) is 1.93. The van der Waals surface area contributed by atoms with Crippen molar-refractivity contribution in [1.29, 1.82) is 0 Å². The first-order valence-corrected chi connectivity index (χ1v) is 6.23. The monoisotopic (exact) mass is 307 g/mol. The molecule has 2 aromatic rings. The number of aryl methyl sites for hydroxylation is 1. The van der Waals surface area contributed by atoms with E-state index in [0.717, 1.165) is 11.6 Å². The number of ketones is 1. The first kappa shape index (κ1) is 14.9. The van der Waals surface area contributed by atoms with Gasteiger partial charge >= 0.3 is 11.2 Å². The van der Waals surface area contributed by atoms with Crippen molar-refractivity contribution in [2.45, 2.75) is 6.92 Å². The molecule has 2 rings (SSSR count). The third-order valence-electron chi connectivity index (χ3n) is 2.87. The van der Waals surface area contributed by atoms with Gasteiger partial charge in [-0.05, 0) is 19.1 Å². The first-order valence-electron chi connectivity index (χ1n) is 5.85. The summed E-state index contributed by atoms with van der Waals surface area (Å²) < 4.78 is 0.842. The van der Waals surface area contributed by atoms with E-state index in [4.69, 9.17) is 11.6 Å². The van der Waals surface area contributed by atoms with Crippen molar-refractivity contribution < 1.29 is 9.72 Å². The Labute approximate surface area is 123 Å². The van der Waals surface area contributed by atoms with Gasteiger partial charge in [0.05, 0.1) is 4.92 Å². The van der Waals surface area contributed by atoms with Crippen LogP contribution in [0.5, 0.6) is 0 Å². The molecule has 0 aliphatic rings. The Morgan fingerprint density at radius 2 is 1.90 bits per heavy atom. The number of carbonyl (C=O) groups excluding carboxylic acids is 1. The van der Waals surface area contributed by atoms with Crippen LogP contribution in [0.1, 0.15) is 17.3 Å². The second-order valence-corrected chi connectivity index (χ2v) is 4.76. The number of aromatic nitrogens is 2. The summed E-state index contributed by atoms with van der Waals surface area (Å²) in [6, 6.07) is 6.29. The predicted octanol–water partition coefficient (Wildman–Crippen LogP) is 2.21. The minimum atomic E-state index is -0.928. The second-order valence-electron chi connectivity index (χ2n) is 4.32. The molecule has 0 fully saturated rings. The van der Waals surface area contributed by atoms with Crippen LogP contribution >= 0.6 is 11.6 Å². The molecule has 0 bridgehead atoms. The van der Waals surface area contributed by atoms with Gasteiger partial charge in [-0.2, -0.15) is 5.10 Å². The third-order valence-corrected chi connectivity index (χ3v) is 3.12. The molecule has 8 heteroatoms. The van der Waals surface area contributed by atoms with Crippen molar-refractivity contribution in [3.8, 4) is 11.3 Å². The minimum Gasteiger partial charge on any atom is -0.294 e. The van der Waals surface area contributed by atoms with Crippen LogP contribution in [0.2, 0.25) is 5.02 Å². The molecular weight excluding hydrogens is 298 g/mol. The van der Waals surface area contributed by atoms with Crippen molar-refractivity contribution in [3.63, 3.8) is 0 Å². The molecule has 0 aliphatic heterocycles. The Hall–Kier alpha value is -2.54. The molecule has 0 saturated heterocycles. The lowest BCUT2D eigenvalue weighted by molar-refractivity contribution is -0.386.